The molecule has 1 unspecified atom stereocenters. The summed E-state index contributed by atoms with van der Waals surface area (Å²) in [6.07, 6.45) is 3.96. The Labute approximate surface area is 112 Å². The first kappa shape index (κ1) is 13.5. The Hall–Kier alpha value is -1.98. The summed E-state index contributed by atoms with van der Waals surface area (Å²) < 4.78 is 5.22. The molecular weight excluding hydrogens is 240 g/mol. The molecule has 0 radical (unpaired) electrons. The molecule has 19 heavy (non-hydrogen) atoms. The maximum absolute atomic E-state index is 5.63. The third kappa shape index (κ3) is 3.27. The minimum atomic E-state index is -0.133. The fourth-order valence-corrected chi connectivity index (χ4v) is 1.93. The van der Waals surface area contributed by atoms with Gasteiger partial charge in [0.05, 0.1) is 13.2 Å². The second-order valence-electron chi connectivity index (χ2n) is 4.36. The van der Waals surface area contributed by atoms with Crippen LogP contribution in [-0.4, -0.2) is 17.1 Å². The molecule has 2 rings (SSSR count). The van der Waals surface area contributed by atoms with Gasteiger partial charge in [0, 0.05) is 12.4 Å². The van der Waals surface area contributed by atoms with Crippen LogP contribution < -0.4 is 16.0 Å². The number of hydrogen-bond donors (Lipinski definition) is 2. The van der Waals surface area contributed by atoms with E-state index in [2.05, 4.69) is 46.6 Å². The molecule has 1 aromatic heterocycles. The standard InChI is InChI=1S/C14H18N4O/c1-10-3-5-11(6-4-10)9-12(18-15)13-14(19-2)17-8-7-16-13/h3-8,12,18H,9,15H2,1-2H3. The van der Waals surface area contributed by atoms with Gasteiger partial charge in [-0.25, -0.2) is 4.98 Å². The molecule has 3 N–H and O–H groups in total. The Balaban J connectivity index is 2.22. The molecule has 0 fully saturated rings. The monoisotopic (exact) mass is 258 g/mol. The molecule has 0 aliphatic carbocycles. The highest BCUT2D eigenvalue weighted by Crippen LogP contribution is 2.22. The minimum Gasteiger partial charge on any atom is -0.480 e. The van der Waals surface area contributed by atoms with Crippen molar-refractivity contribution in [3.63, 3.8) is 0 Å². The number of ether oxygens (including phenoxy) is 1. The molecule has 5 nitrogen and oxygen atoms in total. The van der Waals surface area contributed by atoms with Gasteiger partial charge >= 0.3 is 0 Å². The normalized spacial score (nSPS) is 12.2. The van der Waals surface area contributed by atoms with Gasteiger partial charge in [0.25, 0.3) is 0 Å². The number of methoxy groups -OCH3 is 1. The Morgan fingerprint density at radius 2 is 1.89 bits per heavy atom. The number of hydrogen-bond acceptors (Lipinski definition) is 5. The van der Waals surface area contributed by atoms with Crippen LogP contribution in [0.2, 0.25) is 0 Å². The number of nitrogens with one attached hydrogen (secondary N) is 1. The summed E-state index contributed by atoms with van der Waals surface area (Å²) in [4.78, 5) is 8.45. The Bertz CT molecular complexity index is 527. The van der Waals surface area contributed by atoms with Gasteiger partial charge in [-0.15, -0.1) is 0 Å². The van der Waals surface area contributed by atoms with Crippen molar-refractivity contribution in [2.75, 3.05) is 7.11 Å². The quantitative estimate of drug-likeness (QED) is 0.628. The van der Waals surface area contributed by atoms with Crippen LogP contribution in [0.15, 0.2) is 36.7 Å². The second kappa shape index (κ2) is 6.26. The van der Waals surface area contributed by atoms with E-state index in [4.69, 9.17) is 10.6 Å². The zero-order chi connectivity index (χ0) is 13.7. The zero-order valence-electron chi connectivity index (χ0n) is 11.1. The van der Waals surface area contributed by atoms with E-state index in [1.165, 1.54) is 11.1 Å². The fourth-order valence-electron chi connectivity index (χ4n) is 1.93. The van der Waals surface area contributed by atoms with Crippen molar-refractivity contribution in [1.29, 1.82) is 0 Å². The summed E-state index contributed by atoms with van der Waals surface area (Å²) in [5.74, 6) is 6.13. The van der Waals surface area contributed by atoms with Crippen LogP contribution in [0.1, 0.15) is 22.9 Å². The largest absolute Gasteiger partial charge is 0.480 e. The van der Waals surface area contributed by atoms with E-state index < -0.39 is 0 Å². The van der Waals surface area contributed by atoms with E-state index >= 15 is 0 Å². The number of benzene rings is 1. The third-order valence-corrected chi connectivity index (χ3v) is 2.98. The predicted octanol–water partition coefficient (Wildman–Crippen LogP) is 1.54. The smallest absolute Gasteiger partial charge is 0.237 e. The van der Waals surface area contributed by atoms with Crippen LogP contribution in [-0.2, 0) is 6.42 Å². The van der Waals surface area contributed by atoms with Crippen LogP contribution in [0.3, 0.4) is 0 Å². The molecule has 0 aliphatic heterocycles. The van der Waals surface area contributed by atoms with E-state index in [1.54, 1.807) is 19.5 Å². The molecule has 5 heteroatoms. The van der Waals surface area contributed by atoms with Crippen molar-refractivity contribution < 1.29 is 4.74 Å². The molecule has 0 saturated carbocycles. The number of aryl methyl sites for hydroxylation is 1. The van der Waals surface area contributed by atoms with Gasteiger partial charge in [0.2, 0.25) is 5.88 Å². The summed E-state index contributed by atoms with van der Waals surface area (Å²) in [6.45, 7) is 2.06. The molecule has 0 aliphatic rings. The summed E-state index contributed by atoms with van der Waals surface area (Å²) in [5.41, 5.74) is 5.91. The Morgan fingerprint density at radius 3 is 2.53 bits per heavy atom. The molecule has 0 spiro atoms. The van der Waals surface area contributed by atoms with Crippen molar-refractivity contribution in [2.24, 2.45) is 5.84 Å². The zero-order valence-corrected chi connectivity index (χ0v) is 11.1. The molecule has 1 aromatic carbocycles. The van der Waals surface area contributed by atoms with Gasteiger partial charge in [-0.05, 0) is 18.9 Å². The van der Waals surface area contributed by atoms with Gasteiger partial charge in [0.15, 0.2) is 0 Å². The van der Waals surface area contributed by atoms with Crippen LogP contribution in [0.5, 0.6) is 5.88 Å². The van der Waals surface area contributed by atoms with Crippen molar-refractivity contribution in [3.8, 4) is 5.88 Å². The lowest BCUT2D eigenvalue weighted by Gasteiger charge is -2.17. The average molecular weight is 258 g/mol. The van der Waals surface area contributed by atoms with Crippen LogP contribution in [0.4, 0.5) is 0 Å². The predicted molar refractivity (Wildman–Crippen MR) is 73.5 cm³/mol. The summed E-state index contributed by atoms with van der Waals surface area (Å²) in [5, 5.41) is 0. The Morgan fingerprint density at radius 1 is 1.21 bits per heavy atom. The topological polar surface area (TPSA) is 73.1 Å². The number of aromatic nitrogens is 2. The fraction of sp³-hybridized carbons (Fsp3) is 0.286. The average Bonchev–Trinajstić information content (AvgIpc) is 2.46. The molecule has 0 saturated heterocycles. The highest BCUT2D eigenvalue weighted by atomic mass is 16.5. The van der Waals surface area contributed by atoms with E-state index in [9.17, 15) is 0 Å². The van der Waals surface area contributed by atoms with E-state index in [-0.39, 0.29) is 6.04 Å². The first-order chi connectivity index (χ1) is 9.24. The molecule has 1 atom stereocenters. The number of nitrogens with zero attached hydrogens (tertiary/aromatic N) is 2. The summed E-state index contributed by atoms with van der Waals surface area (Å²) in [6, 6.07) is 8.20. The first-order valence-corrected chi connectivity index (χ1v) is 6.11. The van der Waals surface area contributed by atoms with E-state index in [0.717, 1.165) is 6.42 Å². The molecule has 1 heterocycles. The second-order valence-corrected chi connectivity index (χ2v) is 4.36. The highest BCUT2D eigenvalue weighted by Gasteiger charge is 2.17. The Kier molecular flexibility index (Phi) is 4.43. The van der Waals surface area contributed by atoms with Crippen LogP contribution in [0, 0.1) is 6.92 Å². The number of rotatable bonds is 5. The molecule has 0 bridgehead atoms. The van der Waals surface area contributed by atoms with Gasteiger partial charge < -0.3 is 4.74 Å². The van der Waals surface area contributed by atoms with Gasteiger partial charge in [-0.2, -0.15) is 0 Å². The molecular formula is C14H18N4O. The van der Waals surface area contributed by atoms with Crippen LogP contribution in [0.25, 0.3) is 0 Å². The van der Waals surface area contributed by atoms with E-state index in [0.29, 0.717) is 11.6 Å². The molecule has 100 valence electrons. The van der Waals surface area contributed by atoms with Gasteiger partial charge in [-0.1, -0.05) is 29.8 Å². The molecule has 2 aromatic rings. The van der Waals surface area contributed by atoms with Crippen molar-refractivity contribution in [2.45, 2.75) is 19.4 Å². The van der Waals surface area contributed by atoms with Gasteiger partial charge in [0.1, 0.15) is 5.69 Å². The summed E-state index contributed by atoms with van der Waals surface area (Å²) >= 11 is 0. The van der Waals surface area contributed by atoms with Crippen molar-refractivity contribution >= 4 is 0 Å². The van der Waals surface area contributed by atoms with Crippen LogP contribution >= 0.6 is 0 Å². The van der Waals surface area contributed by atoms with Crippen molar-refractivity contribution in [1.82, 2.24) is 15.4 Å². The first-order valence-electron chi connectivity index (χ1n) is 6.11. The lowest BCUT2D eigenvalue weighted by Crippen LogP contribution is -2.30. The highest BCUT2D eigenvalue weighted by molar-refractivity contribution is 5.26. The minimum absolute atomic E-state index is 0.133. The SMILES string of the molecule is COc1nccnc1C(Cc1ccc(C)cc1)NN. The van der Waals surface area contributed by atoms with Crippen molar-refractivity contribution in [3.05, 3.63) is 53.5 Å². The maximum atomic E-state index is 5.63. The molecule has 0 amide bonds. The van der Waals surface area contributed by atoms with Gasteiger partial charge in [-0.3, -0.25) is 16.3 Å². The lowest BCUT2D eigenvalue weighted by molar-refractivity contribution is 0.377. The third-order valence-electron chi connectivity index (χ3n) is 2.98. The lowest BCUT2D eigenvalue weighted by atomic mass is 10.0. The summed E-state index contributed by atoms with van der Waals surface area (Å²) in [7, 11) is 1.58. The van der Waals surface area contributed by atoms with E-state index in [1.807, 2.05) is 0 Å². The number of hydrazine groups is 1. The maximum Gasteiger partial charge on any atom is 0.237 e. The number of nitrogens with two attached hydrogens (primary N) is 1.